The van der Waals surface area contributed by atoms with Gasteiger partial charge in [0.1, 0.15) is 0 Å². The summed E-state index contributed by atoms with van der Waals surface area (Å²) in [7, 11) is 0. The second-order valence-corrected chi connectivity index (χ2v) is 7.66. The molecule has 2 heterocycles. The van der Waals surface area contributed by atoms with Gasteiger partial charge in [0.25, 0.3) is 0 Å². The Morgan fingerprint density at radius 3 is 2.93 bits per heavy atom. The first-order chi connectivity index (χ1) is 13.1. The highest BCUT2D eigenvalue weighted by molar-refractivity contribution is 7.98. The molecule has 0 radical (unpaired) electrons. The number of carbonyl (C=O) groups excluding carboxylic acids is 1. The smallest absolute Gasteiger partial charge is 0.244 e. The van der Waals surface area contributed by atoms with Crippen molar-refractivity contribution in [2.45, 2.75) is 12.5 Å². The molecule has 1 aromatic carbocycles. The van der Waals surface area contributed by atoms with Gasteiger partial charge in [0.05, 0.1) is 6.04 Å². The highest BCUT2D eigenvalue weighted by Gasteiger charge is 2.19. The lowest BCUT2D eigenvalue weighted by Gasteiger charge is -2.16. The van der Waals surface area contributed by atoms with Crippen molar-refractivity contribution >= 4 is 52.6 Å². The van der Waals surface area contributed by atoms with Gasteiger partial charge < -0.3 is 5.32 Å². The Labute approximate surface area is 171 Å². The van der Waals surface area contributed by atoms with Crippen molar-refractivity contribution < 1.29 is 4.79 Å². The second-order valence-electron chi connectivity index (χ2n) is 5.83. The summed E-state index contributed by atoms with van der Waals surface area (Å²) in [6.45, 7) is 0. The molecule has 1 amide bonds. The van der Waals surface area contributed by atoms with E-state index in [1.165, 1.54) is 6.08 Å². The Morgan fingerprint density at radius 1 is 1.30 bits per heavy atom. The molecular formula is C19H18Cl2N4OS. The Bertz CT molecular complexity index is 973. The van der Waals surface area contributed by atoms with E-state index in [0.29, 0.717) is 15.9 Å². The minimum absolute atomic E-state index is 0.222. The lowest BCUT2D eigenvalue weighted by atomic mass is 10.2. The summed E-state index contributed by atoms with van der Waals surface area (Å²) < 4.78 is 1.89. The fraction of sp³-hybridized carbons (Fsp3) is 0.211. The third kappa shape index (κ3) is 5.03. The molecule has 5 nitrogen and oxygen atoms in total. The zero-order chi connectivity index (χ0) is 19.2. The number of hydrogen-bond donors (Lipinski definition) is 1. The summed E-state index contributed by atoms with van der Waals surface area (Å²) in [5.41, 5.74) is 1.48. The summed E-state index contributed by atoms with van der Waals surface area (Å²) in [6.07, 6.45) is 7.81. The third-order valence-corrected chi connectivity index (χ3v) is 5.16. The van der Waals surface area contributed by atoms with Crippen LogP contribution in [0, 0.1) is 0 Å². The van der Waals surface area contributed by atoms with Crippen LogP contribution in [0.5, 0.6) is 0 Å². The number of nitrogens with zero attached hydrogens (tertiary/aromatic N) is 3. The van der Waals surface area contributed by atoms with E-state index in [9.17, 15) is 4.79 Å². The van der Waals surface area contributed by atoms with Crippen molar-refractivity contribution in [2.75, 3.05) is 12.0 Å². The molecule has 0 bridgehead atoms. The van der Waals surface area contributed by atoms with Crippen LogP contribution in [0.25, 0.3) is 11.7 Å². The molecule has 140 valence electrons. The predicted octanol–water partition coefficient (Wildman–Crippen LogP) is 4.66. The van der Waals surface area contributed by atoms with Gasteiger partial charge in [-0.15, -0.1) is 10.2 Å². The molecule has 3 aromatic rings. The maximum absolute atomic E-state index is 12.5. The van der Waals surface area contributed by atoms with Crippen molar-refractivity contribution in [3.05, 3.63) is 70.1 Å². The van der Waals surface area contributed by atoms with Gasteiger partial charge in [0.15, 0.2) is 11.5 Å². The van der Waals surface area contributed by atoms with Crippen LogP contribution in [0.15, 0.2) is 48.7 Å². The van der Waals surface area contributed by atoms with Gasteiger partial charge in [-0.25, -0.2) is 0 Å². The van der Waals surface area contributed by atoms with Gasteiger partial charge in [0.2, 0.25) is 5.91 Å². The third-order valence-electron chi connectivity index (χ3n) is 3.96. The lowest BCUT2D eigenvalue weighted by molar-refractivity contribution is -0.117. The number of pyridine rings is 1. The van der Waals surface area contributed by atoms with E-state index in [4.69, 9.17) is 23.2 Å². The maximum atomic E-state index is 12.5. The van der Waals surface area contributed by atoms with Crippen LogP contribution in [0.4, 0.5) is 0 Å². The number of fused-ring (bicyclic) bond motifs is 1. The molecule has 8 heteroatoms. The normalized spacial score (nSPS) is 12.6. The maximum Gasteiger partial charge on any atom is 0.244 e. The average molecular weight is 421 g/mol. The zero-order valence-corrected chi connectivity index (χ0v) is 16.9. The lowest BCUT2D eigenvalue weighted by Crippen LogP contribution is -2.29. The number of thioether (sulfide) groups is 1. The van der Waals surface area contributed by atoms with E-state index < -0.39 is 0 Å². The molecule has 1 atom stereocenters. The van der Waals surface area contributed by atoms with Crippen LogP contribution >= 0.6 is 35.0 Å². The van der Waals surface area contributed by atoms with E-state index in [1.54, 1.807) is 36.0 Å². The molecule has 0 aliphatic rings. The molecule has 3 rings (SSSR count). The molecule has 1 unspecified atom stereocenters. The second kappa shape index (κ2) is 9.26. The summed E-state index contributed by atoms with van der Waals surface area (Å²) in [5, 5.41) is 12.5. The molecule has 2 aromatic heterocycles. The number of aromatic nitrogens is 3. The minimum atomic E-state index is -0.243. The molecule has 0 saturated heterocycles. The van der Waals surface area contributed by atoms with E-state index in [0.717, 1.165) is 23.4 Å². The van der Waals surface area contributed by atoms with Gasteiger partial charge in [-0.1, -0.05) is 35.3 Å². The molecule has 27 heavy (non-hydrogen) atoms. The first-order valence-corrected chi connectivity index (χ1v) is 10.5. The SMILES string of the molecule is CSCCC(NC(=O)C=Cc1ccc(Cl)cc1Cl)c1nnc2ccccn12. The first-order valence-electron chi connectivity index (χ1n) is 8.30. The Balaban J connectivity index is 1.77. The number of nitrogens with one attached hydrogen (secondary N) is 1. The van der Waals surface area contributed by atoms with Gasteiger partial charge in [-0.3, -0.25) is 9.20 Å². The number of amides is 1. The van der Waals surface area contributed by atoms with Crippen LogP contribution in [0.3, 0.4) is 0 Å². The number of benzene rings is 1. The molecule has 0 spiro atoms. The Kier molecular flexibility index (Phi) is 6.77. The number of halogens is 2. The van der Waals surface area contributed by atoms with E-state index >= 15 is 0 Å². The fourth-order valence-corrected chi connectivity index (χ4v) is 3.56. The van der Waals surface area contributed by atoms with Crippen molar-refractivity contribution in [3.8, 4) is 0 Å². The highest BCUT2D eigenvalue weighted by Crippen LogP contribution is 2.22. The fourth-order valence-electron chi connectivity index (χ4n) is 2.62. The van der Waals surface area contributed by atoms with Crippen LogP contribution < -0.4 is 5.32 Å². The minimum Gasteiger partial charge on any atom is -0.342 e. The standard InChI is InChI=1S/C19H18Cl2N4OS/c1-27-11-9-16(19-24-23-17-4-2-3-10-25(17)19)22-18(26)8-6-13-5-7-14(20)12-15(13)21/h2-8,10,12,16H,9,11H2,1H3,(H,22,26). The molecule has 0 aliphatic carbocycles. The van der Waals surface area contributed by atoms with Crippen LogP contribution in [-0.2, 0) is 4.79 Å². The quantitative estimate of drug-likeness (QED) is 0.564. The van der Waals surface area contributed by atoms with Crippen LogP contribution in [-0.4, -0.2) is 32.5 Å². The topological polar surface area (TPSA) is 59.3 Å². The van der Waals surface area contributed by atoms with Crippen molar-refractivity contribution in [2.24, 2.45) is 0 Å². The molecule has 0 aliphatic heterocycles. The van der Waals surface area contributed by atoms with Gasteiger partial charge in [-0.05, 0) is 54.3 Å². The summed E-state index contributed by atoms with van der Waals surface area (Å²) in [4.78, 5) is 12.5. The van der Waals surface area contributed by atoms with Gasteiger partial charge >= 0.3 is 0 Å². The number of hydrogen-bond acceptors (Lipinski definition) is 4. The highest BCUT2D eigenvalue weighted by atomic mass is 35.5. The van der Waals surface area contributed by atoms with E-state index in [1.807, 2.05) is 35.1 Å². The van der Waals surface area contributed by atoms with Crippen molar-refractivity contribution in [3.63, 3.8) is 0 Å². The molecule has 1 N–H and O–H groups in total. The number of rotatable bonds is 7. The van der Waals surface area contributed by atoms with Crippen LogP contribution in [0.1, 0.15) is 23.9 Å². The monoisotopic (exact) mass is 420 g/mol. The van der Waals surface area contributed by atoms with Gasteiger partial charge in [0, 0.05) is 22.3 Å². The Morgan fingerprint density at radius 2 is 2.15 bits per heavy atom. The molecular weight excluding hydrogens is 403 g/mol. The largest absolute Gasteiger partial charge is 0.342 e. The van der Waals surface area contributed by atoms with Crippen LogP contribution in [0.2, 0.25) is 10.0 Å². The average Bonchev–Trinajstić information content (AvgIpc) is 3.08. The molecule has 0 saturated carbocycles. The summed E-state index contributed by atoms with van der Waals surface area (Å²) in [5.74, 6) is 1.38. The van der Waals surface area contributed by atoms with E-state index in [2.05, 4.69) is 15.5 Å². The zero-order valence-electron chi connectivity index (χ0n) is 14.6. The van der Waals surface area contributed by atoms with Gasteiger partial charge in [-0.2, -0.15) is 11.8 Å². The molecule has 0 fully saturated rings. The first kappa shape index (κ1) is 19.7. The van der Waals surface area contributed by atoms with E-state index in [-0.39, 0.29) is 11.9 Å². The summed E-state index contributed by atoms with van der Waals surface area (Å²) >= 11 is 13.8. The predicted molar refractivity (Wildman–Crippen MR) is 112 cm³/mol. The summed E-state index contributed by atoms with van der Waals surface area (Å²) in [6, 6.07) is 10.6. The van der Waals surface area contributed by atoms with Crippen molar-refractivity contribution in [1.29, 1.82) is 0 Å². The van der Waals surface area contributed by atoms with Crippen molar-refractivity contribution in [1.82, 2.24) is 19.9 Å². The Hall–Kier alpha value is -2.02. The number of carbonyl (C=O) groups is 1.